The molecule has 88 valence electrons. The average Bonchev–Trinajstić information content (AvgIpc) is 2.31. The van der Waals surface area contributed by atoms with Crippen molar-refractivity contribution in [1.82, 2.24) is 4.98 Å². The molecule has 1 aromatic heterocycles. The number of pyridine rings is 1. The second-order valence-electron chi connectivity index (χ2n) is 4.08. The molecule has 17 heavy (non-hydrogen) atoms. The van der Waals surface area contributed by atoms with Crippen LogP contribution in [-0.4, -0.2) is 4.98 Å². The zero-order chi connectivity index (χ0) is 12.3. The topological polar surface area (TPSA) is 24.9 Å². The number of benzene rings is 1. The molecule has 0 saturated heterocycles. The van der Waals surface area contributed by atoms with Crippen LogP contribution >= 0.6 is 11.6 Å². The van der Waals surface area contributed by atoms with Gasteiger partial charge in [-0.2, -0.15) is 0 Å². The Balaban J connectivity index is 2.10. The number of anilines is 1. The normalized spacial score (nSPS) is 10.3. The highest BCUT2D eigenvalue weighted by Gasteiger charge is 2.00. The van der Waals surface area contributed by atoms with Crippen LogP contribution in [0, 0.1) is 13.8 Å². The van der Waals surface area contributed by atoms with Gasteiger partial charge in [0.15, 0.2) is 0 Å². The van der Waals surface area contributed by atoms with E-state index in [2.05, 4.69) is 42.3 Å². The predicted octanol–water partition coefficient (Wildman–Crippen LogP) is 3.96. The highest BCUT2D eigenvalue weighted by atomic mass is 35.5. The quantitative estimate of drug-likeness (QED) is 0.829. The molecule has 0 spiro atoms. The largest absolute Gasteiger partial charge is 0.381 e. The first-order valence-electron chi connectivity index (χ1n) is 5.57. The van der Waals surface area contributed by atoms with E-state index in [1.807, 2.05) is 12.1 Å². The first-order chi connectivity index (χ1) is 8.16. The third-order valence-electron chi connectivity index (χ3n) is 2.93. The van der Waals surface area contributed by atoms with Crippen LogP contribution in [-0.2, 0) is 6.54 Å². The van der Waals surface area contributed by atoms with Crippen molar-refractivity contribution >= 4 is 17.3 Å². The van der Waals surface area contributed by atoms with Crippen LogP contribution in [0.4, 0.5) is 5.69 Å². The van der Waals surface area contributed by atoms with Crippen LogP contribution in [0.25, 0.3) is 0 Å². The van der Waals surface area contributed by atoms with E-state index in [-0.39, 0.29) is 0 Å². The average molecular weight is 247 g/mol. The maximum absolute atomic E-state index is 5.83. The summed E-state index contributed by atoms with van der Waals surface area (Å²) in [5.74, 6) is 0. The summed E-state index contributed by atoms with van der Waals surface area (Å²) >= 11 is 5.83. The Labute approximate surface area is 107 Å². The van der Waals surface area contributed by atoms with E-state index in [1.54, 1.807) is 6.20 Å². The second kappa shape index (κ2) is 5.19. The zero-order valence-corrected chi connectivity index (χ0v) is 10.8. The lowest BCUT2D eigenvalue weighted by atomic mass is 10.0. The van der Waals surface area contributed by atoms with Crippen LogP contribution in [0.15, 0.2) is 36.5 Å². The number of rotatable bonds is 3. The molecule has 0 aliphatic carbocycles. The molecule has 1 N–H and O–H groups in total. The molecule has 3 heteroatoms. The first kappa shape index (κ1) is 11.9. The third kappa shape index (κ3) is 2.98. The molecule has 1 aromatic carbocycles. The van der Waals surface area contributed by atoms with Crippen LogP contribution in [0.3, 0.4) is 0 Å². The highest BCUT2D eigenvalue weighted by Crippen LogP contribution is 2.16. The molecule has 0 fully saturated rings. The number of nitrogens with one attached hydrogen (secondary N) is 1. The Morgan fingerprint density at radius 3 is 2.82 bits per heavy atom. The molecule has 1 heterocycles. The van der Waals surface area contributed by atoms with Gasteiger partial charge in [0.25, 0.3) is 0 Å². The minimum Gasteiger partial charge on any atom is -0.381 e. The summed E-state index contributed by atoms with van der Waals surface area (Å²) in [5.41, 5.74) is 4.95. The summed E-state index contributed by atoms with van der Waals surface area (Å²) in [5, 5.41) is 3.86. The maximum atomic E-state index is 5.83. The predicted molar refractivity (Wildman–Crippen MR) is 72.5 cm³/mol. The van der Waals surface area contributed by atoms with Gasteiger partial charge in [0, 0.05) is 18.4 Å². The number of nitrogens with zero attached hydrogens (tertiary/aromatic N) is 1. The Kier molecular flexibility index (Phi) is 3.64. The van der Waals surface area contributed by atoms with Gasteiger partial charge in [0.05, 0.1) is 0 Å². The second-order valence-corrected chi connectivity index (χ2v) is 4.47. The molecule has 2 nitrogen and oxygen atoms in total. The zero-order valence-electron chi connectivity index (χ0n) is 10.00. The van der Waals surface area contributed by atoms with Crippen molar-refractivity contribution in [2.45, 2.75) is 20.4 Å². The Bertz CT molecular complexity index is 523. The molecule has 0 aliphatic rings. The van der Waals surface area contributed by atoms with Crippen LogP contribution in [0.2, 0.25) is 5.15 Å². The summed E-state index contributed by atoms with van der Waals surface area (Å²) in [6, 6.07) is 10.1. The lowest BCUT2D eigenvalue weighted by Crippen LogP contribution is -2.02. The number of aryl methyl sites for hydroxylation is 1. The summed E-state index contributed by atoms with van der Waals surface area (Å²) in [6.45, 7) is 5.07. The Hall–Kier alpha value is -1.54. The number of hydrogen-bond donors (Lipinski definition) is 1. The standard InChI is InChI=1S/C14H15ClN2/c1-10-4-3-5-12(11(10)2)9-17-13-6-7-16-14(15)8-13/h3-8H,9H2,1-2H3,(H,16,17). The summed E-state index contributed by atoms with van der Waals surface area (Å²) in [7, 11) is 0. The molecule has 0 saturated carbocycles. The highest BCUT2D eigenvalue weighted by molar-refractivity contribution is 6.29. The van der Waals surface area contributed by atoms with E-state index in [9.17, 15) is 0 Å². The summed E-state index contributed by atoms with van der Waals surface area (Å²) < 4.78 is 0. The van der Waals surface area contributed by atoms with Crippen molar-refractivity contribution in [3.63, 3.8) is 0 Å². The fourth-order valence-corrected chi connectivity index (χ4v) is 1.89. The molecule has 0 radical (unpaired) electrons. The maximum Gasteiger partial charge on any atom is 0.131 e. The molecular formula is C14H15ClN2. The molecule has 0 atom stereocenters. The fraction of sp³-hybridized carbons (Fsp3) is 0.214. The van der Waals surface area contributed by atoms with Crippen molar-refractivity contribution in [2.75, 3.05) is 5.32 Å². The molecule has 2 aromatic rings. The molecule has 2 rings (SSSR count). The molecule has 0 aliphatic heterocycles. The van der Waals surface area contributed by atoms with E-state index in [1.165, 1.54) is 16.7 Å². The Morgan fingerprint density at radius 1 is 1.24 bits per heavy atom. The van der Waals surface area contributed by atoms with E-state index in [0.717, 1.165) is 12.2 Å². The van der Waals surface area contributed by atoms with E-state index >= 15 is 0 Å². The minimum absolute atomic E-state index is 0.510. The van der Waals surface area contributed by atoms with Gasteiger partial charge in [-0.1, -0.05) is 29.8 Å². The van der Waals surface area contributed by atoms with Gasteiger partial charge >= 0.3 is 0 Å². The van der Waals surface area contributed by atoms with Gasteiger partial charge < -0.3 is 5.32 Å². The van der Waals surface area contributed by atoms with Crippen LogP contribution < -0.4 is 5.32 Å². The van der Waals surface area contributed by atoms with Gasteiger partial charge in [-0.05, 0) is 42.7 Å². The van der Waals surface area contributed by atoms with E-state index in [4.69, 9.17) is 11.6 Å². The molecular weight excluding hydrogens is 232 g/mol. The van der Waals surface area contributed by atoms with Crippen LogP contribution in [0.5, 0.6) is 0 Å². The third-order valence-corrected chi connectivity index (χ3v) is 3.13. The van der Waals surface area contributed by atoms with Crippen LogP contribution in [0.1, 0.15) is 16.7 Å². The monoisotopic (exact) mass is 246 g/mol. The lowest BCUT2D eigenvalue weighted by Gasteiger charge is -2.10. The molecule has 0 unspecified atom stereocenters. The first-order valence-corrected chi connectivity index (χ1v) is 5.95. The smallest absolute Gasteiger partial charge is 0.131 e. The van der Waals surface area contributed by atoms with Gasteiger partial charge in [0.2, 0.25) is 0 Å². The lowest BCUT2D eigenvalue weighted by molar-refractivity contribution is 1.10. The number of halogens is 1. The van der Waals surface area contributed by atoms with Crippen molar-refractivity contribution in [3.05, 3.63) is 58.4 Å². The van der Waals surface area contributed by atoms with Crippen molar-refractivity contribution in [3.8, 4) is 0 Å². The molecule has 0 bridgehead atoms. The fourth-order valence-electron chi connectivity index (χ4n) is 1.71. The molecule has 0 amide bonds. The van der Waals surface area contributed by atoms with E-state index in [0.29, 0.717) is 5.15 Å². The summed E-state index contributed by atoms with van der Waals surface area (Å²) in [6.07, 6.45) is 1.70. The van der Waals surface area contributed by atoms with Gasteiger partial charge in [0.1, 0.15) is 5.15 Å². The van der Waals surface area contributed by atoms with Gasteiger partial charge in [-0.3, -0.25) is 0 Å². The van der Waals surface area contributed by atoms with Crippen molar-refractivity contribution in [1.29, 1.82) is 0 Å². The minimum atomic E-state index is 0.510. The number of hydrogen-bond acceptors (Lipinski definition) is 2. The van der Waals surface area contributed by atoms with Gasteiger partial charge in [-0.15, -0.1) is 0 Å². The van der Waals surface area contributed by atoms with E-state index < -0.39 is 0 Å². The SMILES string of the molecule is Cc1cccc(CNc2ccnc(Cl)c2)c1C. The van der Waals surface area contributed by atoms with Crippen molar-refractivity contribution in [2.24, 2.45) is 0 Å². The Morgan fingerprint density at radius 2 is 2.06 bits per heavy atom. The number of aromatic nitrogens is 1. The van der Waals surface area contributed by atoms with Crippen molar-refractivity contribution < 1.29 is 0 Å². The van der Waals surface area contributed by atoms with Gasteiger partial charge in [-0.25, -0.2) is 4.98 Å². The summed E-state index contributed by atoms with van der Waals surface area (Å²) in [4.78, 5) is 3.95.